The van der Waals surface area contributed by atoms with Gasteiger partial charge in [-0.25, -0.2) is 4.79 Å². The van der Waals surface area contributed by atoms with Crippen molar-refractivity contribution in [3.63, 3.8) is 0 Å². The quantitative estimate of drug-likeness (QED) is 0.663. The van der Waals surface area contributed by atoms with E-state index in [-0.39, 0.29) is 18.3 Å². The number of benzene rings is 1. The number of nitrogens with one attached hydrogen (secondary N) is 3. The lowest BCUT2D eigenvalue weighted by Gasteiger charge is -2.28. The summed E-state index contributed by atoms with van der Waals surface area (Å²) < 4.78 is 0. The van der Waals surface area contributed by atoms with Crippen LogP contribution in [0.15, 0.2) is 24.3 Å². The van der Waals surface area contributed by atoms with Crippen molar-refractivity contribution in [2.75, 3.05) is 23.7 Å². The molecule has 1 aliphatic heterocycles. The predicted octanol–water partition coefficient (Wildman–Crippen LogP) is 2.56. The summed E-state index contributed by atoms with van der Waals surface area (Å²) >= 11 is 0. The number of hydrogen-bond donors (Lipinski definition) is 4. The average molecular weight is 341 g/mol. The first-order valence-corrected chi connectivity index (χ1v) is 7.71. The highest BCUT2D eigenvalue weighted by Crippen LogP contribution is 2.23. The average Bonchev–Trinajstić information content (AvgIpc) is 2.49. The van der Waals surface area contributed by atoms with E-state index in [4.69, 9.17) is 5.73 Å². The minimum atomic E-state index is -0.605. The van der Waals surface area contributed by atoms with Crippen LogP contribution in [0.4, 0.5) is 16.2 Å². The number of halogens is 1. The molecule has 2 atom stereocenters. The van der Waals surface area contributed by atoms with Gasteiger partial charge in [0.15, 0.2) is 0 Å². The number of urea groups is 1. The molecule has 6 nitrogen and oxygen atoms in total. The lowest BCUT2D eigenvalue weighted by molar-refractivity contribution is -0.117. The molecule has 1 aliphatic rings. The lowest BCUT2D eigenvalue weighted by Crippen LogP contribution is -2.34. The van der Waals surface area contributed by atoms with E-state index in [1.165, 1.54) is 12.8 Å². The summed E-state index contributed by atoms with van der Waals surface area (Å²) in [7, 11) is 0. The molecule has 5 N–H and O–H groups in total. The number of primary amides is 1. The molecule has 7 heteroatoms. The summed E-state index contributed by atoms with van der Waals surface area (Å²) in [6, 6.07) is 6.29. The summed E-state index contributed by atoms with van der Waals surface area (Å²) in [5.74, 6) is 0.957. The molecule has 0 aromatic heterocycles. The number of carbonyl (C=O) groups is 2. The van der Waals surface area contributed by atoms with Crippen LogP contribution >= 0.6 is 12.4 Å². The van der Waals surface area contributed by atoms with Crippen molar-refractivity contribution >= 4 is 35.7 Å². The standard InChI is InChI=1S/C16H24N4O2.ClH/c1-11(12-3-2-8-18-10-12)9-15(21)19-13-4-6-14(7-5-13)20-16(17)22;/h4-7,11-12,18H,2-3,8-10H2,1H3,(H,19,21)(H3,17,20,22);1H. The number of hydrogen-bond acceptors (Lipinski definition) is 3. The maximum Gasteiger partial charge on any atom is 0.316 e. The number of amides is 3. The van der Waals surface area contributed by atoms with E-state index in [1.807, 2.05) is 0 Å². The first kappa shape index (κ1) is 19.3. The molecule has 0 saturated carbocycles. The van der Waals surface area contributed by atoms with Crippen LogP contribution < -0.4 is 21.7 Å². The fourth-order valence-electron chi connectivity index (χ4n) is 2.81. The Morgan fingerprint density at radius 2 is 1.87 bits per heavy atom. The summed E-state index contributed by atoms with van der Waals surface area (Å²) in [5.41, 5.74) is 6.36. The van der Waals surface area contributed by atoms with Gasteiger partial charge in [0, 0.05) is 17.8 Å². The van der Waals surface area contributed by atoms with Gasteiger partial charge >= 0.3 is 6.03 Å². The summed E-state index contributed by atoms with van der Waals surface area (Å²) in [5, 5.41) is 8.75. The third-order valence-corrected chi connectivity index (χ3v) is 4.08. The fourth-order valence-corrected chi connectivity index (χ4v) is 2.81. The molecule has 2 rings (SSSR count). The second-order valence-corrected chi connectivity index (χ2v) is 5.90. The van der Waals surface area contributed by atoms with Gasteiger partial charge in [-0.3, -0.25) is 4.79 Å². The second-order valence-electron chi connectivity index (χ2n) is 5.90. The van der Waals surface area contributed by atoms with Crippen LogP contribution in [0.1, 0.15) is 26.2 Å². The topological polar surface area (TPSA) is 96.2 Å². The summed E-state index contributed by atoms with van der Waals surface area (Å²) in [6.07, 6.45) is 2.90. The molecule has 2 unspecified atom stereocenters. The normalized spacial score (nSPS) is 18.4. The fraction of sp³-hybridized carbons (Fsp3) is 0.500. The largest absolute Gasteiger partial charge is 0.351 e. The zero-order chi connectivity index (χ0) is 15.9. The molecule has 1 heterocycles. The number of carbonyl (C=O) groups excluding carboxylic acids is 2. The van der Waals surface area contributed by atoms with Crippen LogP contribution in [0, 0.1) is 11.8 Å². The van der Waals surface area contributed by atoms with E-state index in [2.05, 4.69) is 22.9 Å². The number of anilines is 2. The van der Waals surface area contributed by atoms with E-state index in [1.54, 1.807) is 24.3 Å². The van der Waals surface area contributed by atoms with Gasteiger partial charge in [0.25, 0.3) is 0 Å². The molecule has 1 fully saturated rings. The predicted molar refractivity (Wildman–Crippen MR) is 94.9 cm³/mol. The van der Waals surface area contributed by atoms with Gasteiger partial charge in [-0.2, -0.15) is 0 Å². The van der Waals surface area contributed by atoms with Crippen LogP contribution in [0.5, 0.6) is 0 Å². The maximum atomic E-state index is 12.1. The second kappa shape index (κ2) is 9.37. The maximum absolute atomic E-state index is 12.1. The lowest BCUT2D eigenvalue weighted by atomic mass is 9.85. The van der Waals surface area contributed by atoms with Crippen LogP contribution in [0.25, 0.3) is 0 Å². The molecule has 0 aliphatic carbocycles. The first-order chi connectivity index (χ1) is 10.5. The molecular formula is C16H25ClN4O2. The third kappa shape index (κ3) is 6.46. The van der Waals surface area contributed by atoms with Crippen molar-refractivity contribution < 1.29 is 9.59 Å². The van der Waals surface area contributed by atoms with Gasteiger partial charge in [-0.1, -0.05) is 6.92 Å². The Bertz CT molecular complexity index is 515. The molecule has 0 bridgehead atoms. The Morgan fingerprint density at radius 1 is 1.26 bits per heavy atom. The number of rotatable bonds is 5. The number of nitrogens with two attached hydrogens (primary N) is 1. The molecule has 23 heavy (non-hydrogen) atoms. The van der Waals surface area contributed by atoms with Crippen LogP contribution in [0.2, 0.25) is 0 Å². The van der Waals surface area contributed by atoms with E-state index in [9.17, 15) is 9.59 Å². The van der Waals surface area contributed by atoms with Crippen molar-refractivity contribution in [2.24, 2.45) is 17.6 Å². The van der Waals surface area contributed by atoms with Gasteiger partial charge in [0.1, 0.15) is 0 Å². The Balaban J connectivity index is 0.00000264. The van der Waals surface area contributed by atoms with Gasteiger partial charge in [0.05, 0.1) is 0 Å². The Hall–Kier alpha value is -1.79. The number of piperidine rings is 1. The SMILES string of the molecule is CC(CC(=O)Nc1ccc(NC(N)=O)cc1)C1CCCNC1.Cl. The van der Waals surface area contributed by atoms with E-state index >= 15 is 0 Å². The summed E-state index contributed by atoms with van der Waals surface area (Å²) in [4.78, 5) is 22.8. The molecular weight excluding hydrogens is 316 g/mol. The zero-order valence-electron chi connectivity index (χ0n) is 13.3. The monoisotopic (exact) mass is 340 g/mol. The third-order valence-electron chi connectivity index (χ3n) is 4.08. The van der Waals surface area contributed by atoms with Crippen molar-refractivity contribution in [3.05, 3.63) is 24.3 Å². The molecule has 0 radical (unpaired) electrons. The van der Waals surface area contributed by atoms with Gasteiger partial charge < -0.3 is 21.7 Å². The zero-order valence-corrected chi connectivity index (χ0v) is 14.1. The molecule has 128 valence electrons. The molecule has 1 aromatic carbocycles. The highest BCUT2D eigenvalue weighted by molar-refractivity contribution is 5.92. The van der Waals surface area contributed by atoms with Crippen molar-refractivity contribution in [1.82, 2.24) is 5.32 Å². The molecule has 1 saturated heterocycles. The van der Waals surface area contributed by atoms with E-state index < -0.39 is 6.03 Å². The van der Waals surface area contributed by atoms with E-state index in [0.717, 1.165) is 13.1 Å². The Morgan fingerprint density at radius 3 is 2.39 bits per heavy atom. The summed E-state index contributed by atoms with van der Waals surface area (Å²) in [6.45, 7) is 4.22. The minimum Gasteiger partial charge on any atom is -0.351 e. The van der Waals surface area contributed by atoms with Crippen molar-refractivity contribution in [2.45, 2.75) is 26.2 Å². The van der Waals surface area contributed by atoms with Crippen molar-refractivity contribution in [3.8, 4) is 0 Å². The van der Waals surface area contributed by atoms with Crippen LogP contribution in [-0.4, -0.2) is 25.0 Å². The van der Waals surface area contributed by atoms with Crippen molar-refractivity contribution in [1.29, 1.82) is 0 Å². The molecule has 1 aromatic rings. The highest BCUT2D eigenvalue weighted by Gasteiger charge is 2.21. The van der Waals surface area contributed by atoms with Gasteiger partial charge in [0.2, 0.25) is 5.91 Å². The van der Waals surface area contributed by atoms with Crippen LogP contribution in [0.3, 0.4) is 0 Å². The smallest absolute Gasteiger partial charge is 0.316 e. The highest BCUT2D eigenvalue weighted by atomic mass is 35.5. The Labute approximate surface area is 143 Å². The molecule has 3 amide bonds. The minimum absolute atomic E-state index is 0. The first-order valence-electron chi connectivity index (χ1n) is 7.71. The molecule has 0 spiro atoms. The Kier molecular flexibility index (Phi) is 7.85. The van der Waals surface area contributed by atoms with Crippen LogP contribution in [-0.2, 0) is 4.79 Å². The van der Waals surface area contributed by atoms with E-state index in [0.29, 0.717) is 29.6 Å². The van der Waals surface area contributed by atoms with Gasteiger partial charge in [-0.05, 0) is 62.0 Å². The van der Waals surface area contributed by atoms with Gasteiger partial charge in [-0.15, -0.1) is 12.4 Å².